The molecule has 0 spiro atoms. The van der Waals surface area contributed by atoms with Gasteiger partial charge in [0.15, 0.2) is 0 Å². The van der Waals surface area contributed by atoms with E-state index < -0.39 is 51.6 Å². The molecule has 3 N–H and O–H groups in total. The largest absolute Gasteiger partial charge is 0.481 e. The third-order valence-electron chi connectivity index (χ3n) is 10.2. The smallest absolute Gasteiger partial charge is 0.312 e. The molecule has 0 bridgehead atoms. The number of nitrogens with zero attached hydrogens (tertiary/aromatic N) is 3. The van der Waals surface area contributed by atoms with Crippen molar-refractivity contribution in [3.05, 3.63) is 105 Å². The second kappa shape index (κ2) is 14.5. The van der Waals surface area contributed by atoms with E-state index in [-0.39, 0.29) is 12.1 Å². The zero-order valence-electron chi connectivity index (χ0n) is 27.3. The Balaban J connectivity index is 1.55. The van der Waals surface area contributed by atoms with Crippen LogP contribution >= 0.6 is 0 Å². The van der Waals surface area contributed by atoms with Gasteiger partial charge in [0.05, 0.1) is 15.8 Å². The summed E-state index contributed by atoms with van der Waals surface area (Å²) in [5.41, 5.74) is 0.677. The Kier molecular flexibility index (Phi) is 11.0. The molecule has 4 rings (SSSR count). The van der Waals surface area contributed by atoms with E-state index in [1.165, 1.54) is 29.3 Å². The van der Waals surface area contributed by atoms with Crippen molar-refractivity contribution in [3.63, 3.8) is 0 Å². The van der Waals surface area contributed by atoms with Gasteiger partial charge in [-0.2, -0.15) is 0 Å². The van der Waals surface area contributed by atoms with E-state index in [0.717, 1.165) is 31.4 Å². The van der Waals surface area contributed by atoms with E-state index in [9.17, 15) is 29.9 Å². The van der Waals surface area contributed by atoms with Gasteiger partial charge in [-0.3, -0.25) is 24.7 Å². The molecule has 2 aromatic carbocycles. The number of hydrogen-bond donors (Lipinski definition) is 3. The van der Waals surface area contributed by atoms with Crippen LogP contribution in [0, 0.1) is 26.9 Å². The minimum Gasteiger partial charge on any atom is -0.481 e. The highest BCUT2D eigenvalue weighted by molar-refractivity contribution is 5.84. The maximum Gasteiger partial charge on any atom is 0.312 e. The predicted octanol–water partition coefficient (Wildman–Crippen LogP) is 5.80. The fourth-order valence-electron chi connectivity index (χ4n) is 7.75. The number of carboxylic acids is 2. The summed E-state index contributed by atoms with van der Waals surface area (Å²) in [6.45, 7) is 8.28. The quantitative estimate of drug-likeness (QED) is 0.149. The van der Waals surface area contributed by atoms with E-state index in [0.29, 0.717) is 12.1 Å². The molecule has 1 saturated heterocycles. The average molecular weight is 631 g/mol. The fraction of sp³-hybridized carbons (Fsp3) is 0.472. The molecule has 46 heavy (non-hydrogen) atoms. The summed E-state index contributed by atoms with van der Waals surface area (Å²) >= 11 is 0. The molecule has 1 aromatic heterocycles. The van der Waals surface area contributed by atoms with Crippen LogP contribution < -0.4 is 5.32 Å². The summed E-state index contributed by atoms with van der Waals surface area (Å²) in [6.07, 6.45) is 6.36. The van der Waals surface area contributed by atoms with Crippen molar-refractivity contribution >= 4 is 17.6 Å². The van der Waals surface area contributed by atoms with Gasteiger partial charge in [0, 0.05) is 42.5 Å². The van der Waals surface area contributed by atoms with Gasteiger partial charge in [0.25, 0.3) is 5.69 Å². The monoisotopic (exact) mass is 630 g/mol. The number of piperidine rings is 1. The van der Waals surface area contributed by atoms with Gasteiger partial charge in [0.1, 0.15) is 0 Å². The molecule has 1 aliphatic heterocycles. The minimum absolute atomic E-state index is 0.165. The number of pyridine rings is 1. The molecule has 0 amide bonds. The van der Waals surface area contributed by atoms with Gasteiger partial charge in [0.2, 0.25) is 0 Å². The van der Waals surface area contributed by atoms with Crippen molar-refractivity contribution in [2.24, 2.45) is 16.7 Å². The lowest BCUT2D eigenvalue weighted by molar-refractivity contribution is -0.385. The molecule has 10 nitrogen and oxygen atoms in total. The molecule has 1 aliphatic rings. The second-order valence-electron chi connectivity index (χ2n) is 13.1. The van der Waals surface area contributed by atoms with E-state index in [4.69, 9.17) is 0 Å². The highest BCUT2D eigenvalue weighted by Crippen LogP contribution is 2.60. The number of aryl methyl sites for hydroxylation is 1. The zero-order chi connectivity index (χ0) is 33.6. The number of aliphatic carboxylic acids is 2. The highest BCUT2D eigenvalue weighted by Gasteiger charge is 2.67. The molecule has 5 unspecified atom stereocenters. The summed E-state index contributed by atoms with van der Waals surface area (Å²) in [5.74, 6) is -3.73. The van der Waals surface area contributed by atoms with Crippen molar-refractivity contribution in [1.82, 2.24) is 15.2 Å². The predicted molar refractivity (Wildman–Crippen MR) is 177 cm³/mol. The van der Waals surface area contributed by atoms with Crippen LogP contribution in [0.4, 0.5) is 5.69 Å². The van der Waals surface area contributed by atoms with Gasteiger partial charge in [-0.05, 0) is 93.9 Å². The number of carbonyl (C=O) groups is 2. The third-order valence-corrected chi connectivity index (χ3v) is 10.2. The van der Waals surface area contributed by atoms with Crippen LogP contribution in [0.15, 0.2) is 73.1 Å². The Hall–Kier alpha value is -4.15. The molecule has 1 fully saturated rings. The number of nitro groups is 1. The number of rotatable bonds is 14. The number of nitrogens with one attached hydrogen (secondary N) is 1. The minimum atomic E-state index is -1.55. The summed E-state index contributed by atoms with van der Waals surface area (Å²) < 4.78 is 0. The van der Waals surface area contributed by atoms with Crippen LogP contribution in [0.5, 0.6) is 0 Å². The van der Waals surface area contributed by atoms with Gasteiger partial charge in [-0.1, -0.05) is 56.3 Å². The molecule has 0 saturated carbocycles. The standard InChI is InChI=1S/C36H46N4O6/c1-24(2)36(34(43)44)26(4)38-25(3)35(33(41)42,32(36)30-11-6-12-31(22-30)40(45)46)17-20-39(5)19-8-10-27-13-15-28(16-14-27)21-29-9-7-18-37-23-29/h6-7,9,11-16,18,22-26,32,38H,8,10,17,19-21H2,1-5H3,(H,41,42)(H,43,44). The number of carboxylic acid groups (broad SMARTS) is 2. The van der Waals surface area contributed by atoms with Crippen LogP contribution in [0.3, 0.4) is 0 Å². The second-order valence-corrected chi connectivity index (χ2v) is 13.1. The number of aromatic nitrogens is 1. The van der Waals surface area contributed by atoms with Crippen LogP contribution in [-0.2, 0) is 22.4 Å². The van der Waals surface area contributed by atoms with Crippen LogP contribution in [0.25, 0.3) is 0 Å². The Morgan fingerprint density at radius 1 is 0.978 bits per heavy atom. The average Bonchev–Trinajstić information content (AvgIpc) is 3.01. The lowest BCUT2D eigenvalue weighted by Crippen LogP contribution is -2.71. The van der Waals surface area contributed by atoms with E-state index in [1.807, 2.05) is 19.3 Å². The number of non-ortho nitro benzene ring substituents is 1. The molecule has 246 valence electrons. The molecular weight excluding hydrogens is 584 g/mol. The van der Waals surface area contributed by atoms with Gasteiger partial charge >= 0.3 is 11.9 Å². The maximum atomic E-state index is 13.5. The van der Waals surface area contributed by atoms with Crippen molar-refractivity contribution in [2.45, 2.75) is 71.4 Å². The summed E-state index contributed by atoms with van der Waals surface area (Å²) in [5, 5.41) is 37.0. The molecular formula is C36H46N4O6. The first-order chi connectivity index (χ1) is 21.8. The summed E-state index contributed by atoms with van der Waals surface area (Å²) in [6, 6.07) is 17.2. The van der Waals surface area contributed by atoms with Crippen molar-refractivity contribution in [3.8, 4) is 0 Å². The van der Waals surface area contributed by atoms with Crippen molar-refractivity contribution in [2.75, 3.05) is 20.1 Å². The first kappa shape index (κ1) is 34.7. The van der Waals surface area contributed by atoms with E-state index >= 15 is 0 Å². The lowest BCUT2D eigenvalue weighted by Gasteiger charge is -2.59. The molecule has 10 heteroatoms. The molecule has 5 atom stereocenters. The Labute approximate surface area is 271 Å². The number of benzene rings is 2. The van der Waals surface area contributed by atoms with E-state index in [1.54, 1.807) is 40.0 Å². The fourth-order valence-corrected chi connectivity index (χ4v) is 7.75. The Morgan fingerprint density at radius 3 is 2.26 bits per heavy atom. The Morgan fingerprint density at radius 2 is 1.67 bits per heavy atom. The Bertz CT molecular complexity index is 1510. The topological polar surface area (TPSA) is 146 Å². The van der Waals surface area contributed by atoms with Gasteiger partial charge in [-0.25, -0.2) is 0 Å². The first-order valence-corrected chi connectivity index (χ1v) is 16.0. The first-order valence-electron chi connectivity index (χ1n) is 16.0. The zero-order valence-corrected chi connectivity index (χ0v) is 27.3. The highest BCUT2D eigenvalue weighted by atomic mass is 16.6. The van der Waals surface area contributed by atoms with Crippen molar-refractivity contribution in [1.29, 1.82) is 0 Å². The normalized spacial score (nSPS) is 24.6. The van der Waals surface area contributed by atoms with E-state index in [2.05, 4.69) is 45.5 Å². The van der Waals surface area contributed by atoms with Crippen LogP contribution in [0.2, 0.25) is 0 Å². The molecule has 3 aromatic rings. The van der Waals surface area contributed by atoms with Crippen molar-refractivity contribution < 1.29 is 24.7 Å². The SMILES string of the molecule is CC1NC(C)C(C(=O)O)(C(C)C)C(c2cccc([N+](=O)[O-])c2)C1(CCN(C)CCCc1ccc(Cc2cccnc2)cc1)C(=O)O. The lowest BCUT2D eigenvalue weighted by atomic mass is 9.47. The maximum absolute atomic E-state index is 13.5. The summed E-state index contributed by atoms with van der Waals surface area (Å²) in [7, 11) is 1.95. The number of hydrogen-bond acceptors (Lipinski definition) is 7. The molecule has 2 heterocycles. The van der Waals surface area contributed by atoms with Gasteiger partial charge < -0.3 is 20.4 Å². The number of nitro benzene ring substituents is 1. The molecule has 0 radical (unpaired) electrons. The van der Waals surface area contributed by atoms with Gasteiger partial charge in [-0.15, -0.1) is 0 Å². The third kappa shape index (κ3) is 6.83. The van der Waals surface area contributed by atoms with Crippen LogP contribution in [0.1, 0.15) is 68.7 Å². The van der Waals surface area contributed by atoms with Crippen LogP contribution in [-0.4, -0.2) is 69.2 Å². The molecule has 0 aliphatic carbocycles. The summed E-state index contributed by atoms with van der Waals surface area (Å²) in [4.78, 5) is 44.3.